The first-order chi connectivity index (χ1) is 15.5. The van der Waals surface area contributed by atoms with Gasteiger partial charge in [-0.2, -0.15) is 5.10 Å². The topological polar surface area (TPSA) is 60.1 Å². The number of amides is 1. The van der Waals surface area contributed by atoms with Crippen LogP contribution in [-0.4, -0.2) is 37.7 Å². The Balaban J connectivity index is 1.61. The summed E-state index contributed by atoms with van der Waals surface area (Å²) in [4.78, 5) is 28.3. The van der Waals surface area contributed by atoms with E-state index in [-0.39, 0.29) is 36.4 Å². The summed E-state index contributed by atoms with van der Waals surface area (Å²) in [6.45, 7) is 2.88. The van der Waals surface area contributed by atoms with Crippen LogP contribution in [0.15, 0.2) is 59.5 Å². The zero-order chi connectivity index (χ0) is 22.2. The van der Waals surface area contributed by atoms with E-state index in [1.54, 1.807) is 24.4 Å². The van der Waals surface area contributed by atoms with Crippen molar-refractivity contribution in [1.82, 2.24) is 19.2 Å². The molecule has 1 amide bonds. The Morgan fingerprint density at radius 2 is 1.88 bits per heavy atom. The number of likely N-dealkylation sites (tertiary alicyclic amines) is 1. The highest BCUT2D eigenvalue weighted by atomic mass is 19.1. The van der Waals surface area contributed by atoms with Gasteiger partial charge in [-0.15, -0.1) is 0 Å². The number of para-hydroxylation sites is 1. The van der Waals surface area contributed by atoms with Gasteiger partial charge in [0.05, 0.1) is 12.7 Å². The fourth-order valence-corrected chi connectivity index (χ4v) is 4.76. The number of carbonyl (C=O) groups is 1. The van der Waals surface area contributed by atoms with Crippen LogP contribution in [0.4, 0.5) is 4.39 Å². The van der Waals surface area contributed by atoms with Crippen LogP contribution in [0.25, 0.3) is 21.8 Å². The first kappa shape index (κ1) is 20.4. The van der Waals surface area contributed by atoms with E-state index in [0.29, 0.717) is 23.0 Å². The van der Waals surface area contributed by atoms with Crippen molar-refractivity contribution in [3.8, 4) is 0 Å². The summed E-state index contributed by atoms with van der Waals surface area (Å²) in [7, 11) is 0. The average molecular weight is 432 g/mol. The third-order valence-corrected chi connectivity index (χ3v) is 6.47. The number of fused-ring (bicyclic) bond motifs is 3. The summed E-state index contributed by atoms with van der Waals surface area (Å²) < 4.78 is 17.5. The minimum atomic E-state index is -0.340. The second-order valence-electron chi connectivity index (χ2n) is 8.50. The van der Waals surface area contributed by atoms with E-state index in [0.717, 1.165) is 30.2 Å². The highest BCUT2D eigenvalue weighted by Crippen LogP contribution is 2.27. The molecule has 1 aliphatic heterocycles. The maximum absolute atomic E-state index is 14.4. The number of halogens is 1. The predicted molar refractivity (Wildman–Crippen MR) is 122 cm³/mol. The lowest BCUT2D eigenvalue weighted by Crippen LogP contribution is -2.45. The minimum Gasteiger partial charge on any atom is -0.338 e. The zero-order valence-corrected chi connectivity index (χ0v) is 18.0. The van der Waals surface area contributed by atoms with E-state index in [2.05, 4.69) is 5.10 Å². The van der Waals surface area contributed by atoms with Crippen molar-refractivity contribution in [2.75, 3.05) is 6.54 Å². The van der Waals surface area contributed by atoms with Crippen molar-refractivity contribution in [1.29, 1.82) is 0 Å². The Bertz CT molecular complexity index is 1370. The smallest absolute Gasteiger partial charge is 0.291 e. The molecule has 1 fully saturated rings. The number of rotatable bonds is 4. The first-order valence-corrected chi connectivity index (χ1v) is 11.0. The Hall–Kier alpha value is -3.48. The molecule has 0 N–H and O–H groups in total. The molecule has 2 aromatic carbocycles. The van der Waals surface area contributed by atoms with Gasteiger partial charge < -0.3 is 9.47 Å². The Morgan fingerprint density at radius 3 is 2.69 bits per heavy atom. The highest BCUT2D eigenvalue weighted by Gasteiger charge is 2.25. The van der Waals surface area contributed by atoms with Crippen molar-refractivity contribution in [3.05, 3.63) is 76.5 Å². The van der Waals surface area contributed by atoms with E-state index in [9.17, 15) is 14.0 Å². The van der Waals surface area contributed by atoms with Crippen LogP contribution in [-0.2, 0) is 17.9 Å². The fraction of sp³-hybridized carbons (Fsp3) is 0.320. The molecule has 7 heteroatoms. The van der Waals surface area contributed by atoms with Gasteiger partial charge >= 0.3 is 0 Å². The lowest BCUT2D eigenvalue weighted by molar-refractivity contribution is -0.135. The van der Waals surface area contributed by atoms with Crippen molar-refractivity contribution < 1.29 is 9.18 Å². The number of hydrogen-bond donors (Lipinski definition) is 0. The van der Waals surface area contributed by atoms with E-state index in [1.807, 2.05) is 40.7 Å². The molecule has 32 heavy (non-hydrogen) atoms. The molecule has 0 radical (unpaired) electrons. The monoisotopic (exact) mass is 432 g/mol. The van der Waals surface area contributed by atoms with Gasteiger partial charge in [-0.25, -0.2) is 9.07 Å². The normalized spacial score (nSPS) is 16.7. The van der Waals surface area contributed by atoms with Gasteiger partial charge in [-0.05, 0) is 38.3 Å². The summed E-state index contributed by atoms with van der Waals surface area (Å²) in [5, 5.41) is 5.91. The summed E-state index contributed by atoms with van der Waals surface area (Å²) >= 11 is 0. The van der Waals surface area contributed by atoms with Crippen LogP contribution < -0.4 is 5.56 Å². The van der Waals surface area contributed by atoms with Crippen LogP contribution in [0.1, 0.15) is 31.7 Å². The molecule has 4 aromatic rings. The summed E-state index contributed by atoms with van der Waals surface area (Å²) in [6.07, 6.45) is 4.72. The standard InChI is InChI=1S/C25H25FN4O2/c1-17-8-6-7-13-28(17)23(31)16-30-25(32)24-20(14-27-30)19-10-3-5-12-22(19)29(24)15-18-9-2-4-11-21(18)26/h2-5,9-12,14,17H,6-8,13,15-16H2,1H3/t17-/m0/s1. The molecule has 0 unspecified atom stereocenters. The van der Waals surface area contributed by atoms with Crippen molar-refractivity contribution in [2.45, 2.75) is 45.3 Å². The Kier molecular flexibility index (Phi) is 5.25. The van der Waals surface area contributed by atoms with E-state index >= 15 is 0 Å². The molecular weight excluding hydrogens is 407 g/mol. The molecule has 6 nitrogen and oxygen atoms in total. The SMILES string of the molecule is C[C@H]1CCCCN1C(=O)Cn1ncc2c3ccccc3n(Cc3ccccc3F)c2c1=O. The van der Waals surface area contributed by atoms with Crippen LogP contribution in [0.5, 0.6) is 0 Å². The Morgan fingerprint density at radius 1 is 1.09 bits per heavy atom. The summed E-state index contributed by atoms with van der Waals surface area (Å²) in [5.74, 6) is -0.412. The molecule has 164 valence electrons. The largest absolute Gasteiger partial charge is 0.338 e. The second kappa shape index (κ2) is 8.22. The minimum absolute atomic E-state index is 0.0945. The molecule has 1 saturated heterocycles. The molecule has 0 aliphatic carbocycles. The molecule has 1 aliphatic rings. The molecule has 0 spiro atoms. The van der Waals surface area contributed by atoms with Gasteiger partial charge in [0.2, 0.25) is 5.91 Å². The van der Waals surface area contributed by atoms with Gasteiger partial charge in [-0.3, -0.25) is 9.59 Å². The lowest BCUT2D eigenvalue weighted by Gasteiger charge is -2.33. The number of benzene rings is 2. The molecule has 0 saturated carbocycles. The van der Waals surface area contributed by atoms with E-state index in [1.165, 1.54) is 10.7 Å². The zero-order valence-electron chi connectivity index (χ0n) is 18.0. The van der Waals surface area contributed by atoms with Crippen LogP contribution in [0.2, 0.25) is 0 Å². The van der Waals surface area contributed by atoms with E-state index in [4.69, 9.17) is 0 Å². The molecular formula is C25H25FN4O2. The Labute approximate surface area is 184 Å². The molecule has 5 rings (SSSR count). The number of carbonyl (C=O) groups excluding carboxylic acids is 1. The van der Waals surface area contributed by atoms with Crippen molar-refractivity contribution >= 4 is 27.7 Å². The van der Waals surface area contributed by atoms with Gasteiger partial charge in [0.25, 0.3) is 5.56 Å². The third kappa shape index (κ3) is 3.47. The lowest BCUT2D eigenvalue weighted by atomic mass is 10.0. The number of nitrogens with zero attached hydrogens (tertiary/aromatic N) is 4. The van der Waals surface area contributed by atoms with Crippen LogP contribution in [0.3, 0.4) is 0 Å². The molecule has 3 heterocycles. The first-order valence-electron chi connectivity index (χ1n) is 11.0. The van der Waals surface area contributed by atoms with Crippen LogP contribution >= 0.6 is 0 Å². The van der Waals surface area contributed by atoms with E-state index < -0.39 is 0 Å². The molecule has 2 aromatic heterocycles. The predicted octanol–water partition coefficient (Wildman–Crippen LogP) is 3.94. The second-order valence-corrected chi connectivity index (χ2v) is 8.50. The van der Waals surface area contributed by atoms with Gasteiger partial charge in [0.15, 0.2) is 0 Å². The molecule has 0 bridgehead atoms. The average Bonchev–Trinajstić information content (AvgIpc) is 3.12. The quantitative estimate of drug-likeness (QED) is 0.491. The number of aromatic nitrogens is 3. The van der Waals surface area contributed by atoms with Gasteiger partial charge in [0.1, 0.15) is 17.9 Å². The van der Waals surface area contributed by atoms with Crippen LogP contribution in [0, 0.1) is 5.82 Å². The summed E-state index contributed by atoms with van der Waals surface area (Å²) in [5.41, 5.74) is 1.42. The highest BCUT2D eigenvalue weighted by molar-refractivity contribution is 6.07. The third-order valence-electron chi connectivity index (χ3n) is 6.47. The number of hydrogen-bond acceptors (Lipinski definition) is 3. The number of piperidine rings is 1. The van der Waals surface area contributed by atoms with Crippen molar-refractivity contribution in [2.24, 2.45) is 0 Å². The van der Waals surface area contributed by atoms with Gasteiger partial charge in [0, 0.05) is 34.4 Å². The van der Waals surface area contributed by atoms with Crippen molar-refractivity contribution in [3.63, 3.8) is 0 Å². The maximum Gasteiger partial charge on any atom is 0.291 e. The fourth-order valence-electron chi connectivity index (χ4n) is 4.76. The summed E-state index contributed by atoms with van der Waals surface area (Å²) in [6, 6.07) is 14.4. The van der Waals surface area contributed by atoms with Gasteiger partial charge in [-0.1, -0.05) is 36.4 Å². The maximum atomic E-state index is 14.4. The molecule has 1 atom stereocenters.